The fourth-order valence-electron chi connectivity index (χ4n) is 5.52. The topological polar surface area (TPSA) is 138 Å². The van der Waals surface area contributed by atoms with Gasteiger partial charge in [0, 0.05) is 44.8 Å². The average molecular weight is 691 g/mol. The van der Waals surface area contributed by atoms with Gasteiger partial charge in [0.2, 0.25) is 15.9 Å². The summed E-state index contributed by atoms with van der Waals surface area (Å²) in [6, 6.07) is 10.7. The third-order valence-electron chi connectivity index (χ3n) is 8.55. The minimum Gasteiger partial charge on any atom is -0.497 e. The van der Waals surface area contributed by atoms with E-state index in [1.807, 2.05) is 32.8 Å². The van der Waals surface area contributed by atoms with E-state index in [4.69, 9.17) is 14.2 Å². The van der Waals surface area contributed by atoms with E-state index >= 15 is 0 Å². The number of ether oxygens (including phenoxy) is 3. The number of likely N-dealkylation sites (N-methyl/N-ethyl adjacent to an activating group) is 1. The summed E-state index contributed by atoms with van der Waals surface area (Å²) in [5.41, 5.74) is 0.750. The molecule has 0 radical (unpaired) electrons. The average Bonchev–Trinajstić information content (AvgIpc) is 3.05. The van der Waals surface area contributed by atoms with Crippen LogP contribution in [0.4, 0.5) is 5.69 Å². The number of carbonyl (C=O) groups excluding carboxylic acids is 2. The number of nitrogens with zero attached hydrogens (tertiary/aromatic N) is 3. The van der Waals surface area contributed by atoms with Crippen LogP contribution in [0.15, 0.2) is 47.4 Å². The fraction of sp³-hybridized carbons (Fsp3) is 0.600. The summed E-state index contributed by atoms with van der Waals surface area (Å²) >= 11 is 0. The van der Waals surface area contributed by atoms with Gasteiger partial charge in [-0.3, -0.25) is 9.59 Å². The molecule has 0 saturated heterocycles. The molecule has 0 bridgehead atoms. The third-order valence-corrected chi connectivity index (χ3v) is 10.4. The van der Waals surface area contributed by atoms with Crippen molar-refractivity contribution in [3.8, 4) is 11.5 Å². The van der Waals surface area contributed by atoms with Crippen molar-refractivity contribution in [2.24, 2.45) is 5.92 Å². The highest BCUT2D eigenvalue weighted by Gasteiger charge is 2.32. The van der Waals surface area contributed by atoms with E-state index in [0.717, 1.165) is 19.4 Å². The molecule has 1 heterocycles. The molecular weight excluding hydrogens is 636 g/mol. The van der Waals surface area contributed by atoms with Gasteiger partial charge in [-0.2, -0.15) is 4.31 Å². The Morgan fingerprint density at radius 2 is 1.83 bits per heavy atom. The fourth-order valence-corrected chi connectivity index (χ4v) is 6.70. The zero-order chi connectivity index (χ0) is 35.4. The molecular formula is C35H54N4O8S. The van der Waals surface area contributed by atoms with Crippen molar-refractivity contribution in [1.29, 1.82) is 0 Å². The molecule has 2 N–H and O–H groups in total. The van der Waals surface area contributed by atoms with Gasteiger partial charge in [0.25, 0.3) is 5.91 Å². The lowest BCUT2D eigenvalue weighted by Gasteiger charge is -2.35. The summed E-state index contributed by atoms with van der Waals surface area (Å²) in [5.74, 6) is 0.114. The molecule has 0 aliphatic carbocycles. The maximum absolute atomic E-state index is 14.3. The molecule has 13 heteroatoms. The van der Waals surface area contributed by atoms with Crippen LogP contribution in [0.3, 0.4) is 0 Å². The molecule has 4 atom stereocenters. The van der Waals surface area contributed by atoms with Gasteiger partial charge in [0.05, 0.1) is 42.4 Å². The molecule has 12 nitrogen and oxygen atoms in total. The van der Waals surface area contributed by atoms with E-state index in [1.54, 1.807) is 42.2 Å². The number of sulfonamides is 1. The number of hydrogen-bond acceptors (Lipinski definition) is 9. The molecule has 0 saturated carbocycles. The van der Waals surface area contributed by atoms with E-state index in [1.165, 1.54) is 30.6 Å². The van der Waals surface area contributed by atoms with Crippen LogP contribution < -0.4 is 14.8 Å². The van der Waals surface area contributed by atoms with Crippen molar-refractivity contribution < 1.29 is 37.3 Å². The predicted molar refractivity (Wildman–Crippen MR) is 186 cm³/mol. The van der Waals surface area contributed by atoms with Crippen LogP contribution in [0, 0.1) is 5.92 Å². The Kier molecular flexibility index (Phi) is 15.1. The number of carbonyl (C=O) groups is 2. The Hall–Kier alpha value is -3.23. The molecule has 1 aliphatic heterocycles. The Morgan fingerprint density at radius 1 is 1.12 bits per heavy atom. The lowest BCUT2D eigenvalue weighted by Crippen LogP contribution is -2.48. The second-order valence-electron chi connectivity index (χ2n) is 12.9. The Morgan fingerprint density at radius 3 is 2.48 bits per heavy atom. The maximum Gasteiger partial charge on any atom is 0.258 e. The number of nitrogens with one attached hydrogen (secondary N) is 1. The van der Waals surface area contributed by atoms with Gasteiger partial charge < -0.3 is 34.4 Å². The van der Waals surface area contributed by atoms with E-state index in [2.05, 4.69) is 5.32 Å². The molecule has 0 fully saturated rings. The van der Waals surface area contributed by atoms with Gasteiger partial charge in [-0.25, -0.2) is 8.42 Å². The number of aliphatic hydroxyl groups excluding tert-OH is 1. The molecule has 48 heavy (non-hydrogen) atoms. The lowest BCUT2D eigenvalue weighted by molar-refractivity contribution is -0.116. The third kappa shape index (κ3) is 11.2. The van der Waals surface area contributed by atoms with Crippen LogP contribution in [0.5, 0.6) is 11.5 Å². The number of hydrogen-bond donors (Lipinski definition) is 2. The van der Waals surface area contributed by atoms with Crippen molar-refractivity contribution in [2.75, 3.05) is 66.4 Å². The van der Waals surface area contributed by atoms with Crippen LogP contribution in [0.1, 0.15) is 63.2 Å². The quantitative estimate of drug-likeness (QED) is 0.337. The van der Waals surface area contributed by atoms with Gasteiger partial charge in [-0.15, -0.1) is 0 Å². The number of fused-ring (bicyclic) bond motifs is 1. The van der Waals surface area contributed by atoms with Crippen molar-refractivity contribution in [2.45, 2.75) is 76.0 Å². The largest absolute Gasteiger partial charge is 0.497 e. The molecule has 0 aromatic heterocycles. The first-order valence-corrected chi connectivity index (χ1v) is 18.1. The van der Waals surface area contributed by atoms with Crippen molar-refractivity contribution >= 4 is 27.5 Å². The number of aliphatic hydroxyl groups is 1. The zero-order valence-electron chi connectivity index (χ0n) is 29.5. The Balaban J connectivity index is 1.92. The van der Waals surface area contributed by atoms with Crippen molar-refractivity contribution in [3.05, 3.63) is 48.0 Å². The summed E-state index contributed by atoms with van der Waals surface area (Å²) in [6.07, 6.45) is 2.55. The molecule has 2 aromatic carbocycles. The van der Waals surface area contributed by atoms with E-state index in [0.29, 0.717) is 43.1 Å². The first-order chi connectivity index (χ1) is 22.8. The highest BCUT2D eigenvalue weighted by Crippen LogP contribution is 2.29. The zero-order valence-corrected chi connectivity index (χ0v) is 30.3. The van der Waals surface area contributed by atoms with E-state index < -0.39 is 22.2 Å². The van der Waals surface area contributed by atoms with Crippen molar-refractivity contribution in [1.82, 2.24) is 14.1 Å². The van der Waals surface area contributed by atoms with Gasteiger partial charge in [-0.05, 0) is 103 Å². The van der Waals surface area contributed by atoms with Gasteiger partial charge in [-0.1, -0.05) is 6.92 Å². The normalized spacial score (nSPS) is 20.5. The van der Waals surface area contributed by atoms with Crippen molar-refractivity contribution in [3.63, 3.8) is 0 Å². The maximum atomic E-state index is 14.3. The Labute approximate surface area is 286 Å². The van der Waals surface area contributed by atoms with Gasteiger partial charge in [0.15, 0.2) is 0 Å². The summed E-state index contributed by atoms with van der Waals surface area (Å²) in [6.45, 7) is 6.76. The first-order valence-electron chi connectivity index (χ1n) is 16.7. The van der Waals surface area contributed by atoms with Crippen LogP contribution in [0.2, 0.25) is 0 Å². The number of rotatable bonds is 12. The summed E-state index contributed by atoms with van der Waals surface area (Å²) in [7, 11) is 3.10. The van der Waals surface area contributed by atoms with E-state index in [9.17, 15) is 23.1 Å². The van der Waals surface area contributed by atoms with Gasteiger partial charge >= 0.3 is 0 Å². The molecule has 3 rings (SSSR count). The number of anilines is 1. The Bertz CT molecular complexity index is 1440. The van der Waals surface area contributed by atoms with Crippen LogP contribution in [0.25, 0.3) is 0 Å². The molecule has 1 aliphatic rings. The minimum atomic E-state index is -3.84. The summed E-state index contributed by atoms with van der Waals surface area (Å²) < 4.78 is 46.1. The van der Waals surface area contributed by atoms with Gasteiger partial charge in [0.1, 0.15) is 11.5 Å². The molecule has 2 amide bonds. The molecule has 268 valence electrons. The highest BCUT2D eigenvalue weighted by atomic mass is 32.2. The smallest absolute Gasteiger partial charge is 0.258 e. The SMILES string of the molecule is COc1ccc(S(=O)(=O)N(C)C[C@H]2OCCCC[C@H](C)Oc3ccc(NC(=O)CCCN(C)C)cc3C(=O)N([C@H](C)CO)C[C@@H]2C)cc1. The van der Waals surface area contributed by atoms with Crippen LogP contribution in [-0.4, -0.2) is 119 Å². The number of methoxy groups -OCH3 is 1. The predicted octanol–water partition coefficient (Wildman–Crippen LogP) is 4.09. The molecule has 2 aromatic rings. The summed E-state index contributed by atoms with van der Waals surface area (Å²) in [5, 5.41) is 13.1. The highest BCUT2D eigenvalue weighted by molar-refractivity contribution is 7.89. The molecule has 0 spiro atoms. The second-order valence-corrected chi connectivity index (χ2v) is 15.0. The first kappa shape index (κ1) is 39.2. The monoisotopic (exact) mass is 690 g/mol. The standard InChI is InChI=1S/C35H54N4O8S/c1-25-22-39(26(2)24-40)35(42)31-21-28(36-34(41)12-10-19-37(4)5)13-18-32(31)47-27(3)11-8-9-20-46-33(25)23-38(6)48(43,44)30-16-14-29(45-7)15-17-30/h13-18,21,25-27,33,40H,8-12,19-20,22-24H2,1-7H3,(H,36,41)/t25-,26+,27-,33+/m0/s1. The molecule has 0 unspecified atom stereocenters. The summed E-state index contributed by atoms with van der Waals surface area (Å²) in [4.78, 5) is 30.7. The van der Waals surface area contributed by atoms with Crippen LogP contribution >= 0.6 is 0 Å². The minimum absolute atomic E-state index is 0.0607. The second kappa shape index (κ2) is 18.5. The van der Waals surface area contributed by atoms with E-state index in [-0.39, 0.29) is 54.0 Å². The number of benzene rings is 2. The lowest BCUT2D eigenvalue weighted by atomic mass is 10.0. The number of amides is 2. The van der Waals surface area contributed by atoms with Crippen LogP contribution in [-0.2, 0) is 19.6 Å².